The average molecular weight is 418 g/mol. The number of unbranched alkanes of at least 4 members (excludes halogenated alkanes) is 1. The number of primary amides is 1. The highest BCUT2D eigenvalue weighted by Gasteiger charge is 2.14. The minimum Gasteiger partial charge on any atom is -0.370 e. The number of amides is 1. The Morgan fingerprint density at radius 2 is 1.43 bits per heavy atom. The predicted molar refractivity (Wildman–Crippen MR) is 130 cm³/mol. The molecule has 1 aromatic carbocycles. The van der Waals surface area contributed by atoms with Gasteiger partial charge in [0.15, 0.2) is 0 Å². The van der Waals surface area contributed by atoms with E-state index in [4.69, 9.17) is 5.73 Å². The van der Waals surface area contributed by atoms with Crippen LogP contribution in [-0.2, 0) is 9.59 Å². The Balaban J connectivity index is 0.000000430. The van der Waals surface area contributed by atoms with Crippen LogP contribution in [0.5, 0.6) is 0 Å². The monoisotopic (exact) mass is 417 g/mol. The van der Waals surface area contributed by atoms with Crippen LogP contribution >= 0.6 is 0 Å². The van der Waals surface area contributed by atoms with E-state index in [9.17, 15) is 9.59 Å². The Morgan fingerprint density at radius 3 is 1.80 bits per heavy atom. The summed E-state index contributed by atoms with van der Waals surface area (Å²) in [6, 6.07) is 9.10. The molecule has 2 saturated carbocycles. The van der Waals surface area contributed by atoms with E-state index in [1.807, 2.05) is 20.8 Å². The lowest BCUT2D eigenvalue weighted by Gasteiger charge is -2.21. The Kier molecular flexibility index (Phi) is 18.3. The number of nitrogens with two attached hydrogens (primary N) is 1. The Labute approximate surface area is 186 Å². The molecule has 3 rings (SSSR count). The van der Waals surface area contributed by atoms with Crippen LogP contribution in [0.25, 0.3) is 0 Å². The molecule has 172 valence electrons. The molecule has 0 bridgehead atoms. The van der Waals surface area contributed by atoms with Crippen LogP contribution in [-0.4, -0.2) is 12.2 Å². The highest BCUT2D eigenvalue weighted by atomic mass is 16.1. The predicted octanol–water partition coefficient (Wildman–Crippen LogP) is 7.50. The first-order valence-electron chi connectivity index (χ1n) is 12.4. The quantitative estimate of drug-likeness (QED) is 0.504. The van der Waals surface area contributed by atoms with E-state index in [2.05, 4.69) is 31.2 Å². The zero-order chi connectivity index (χ0) is 22.6. The SMILES string of the molecule is CC.CCCCC(N)=O.Cc1ccc(C2CCCCC2)cc1.O=CC1CCCCC1. The molecule has 1 aromatic rings. The maximum absolute atomic E-state index is 10.2. The summed E-state index contributed by atoms with van der Waals surface area (Å²) < 4.78 is 0. The maximum Gasteiger partial charge on any atom is 0.217 e. The first-order chi connectivity index (χ1) is 14.6. The lowest BCUT2D eigenvalue weighted by molar-refractivity contribution is -0.118. The summed E-state index contributed by atoms with van der Waals surface area (Å²) in [6.45, 7) is 8.19. The lowest BCUT2D eigenvalue weighted by Crippen LogP contribution is -2.09. The summed E-state index contributed by atoms with van der Waals surface area (Å²) in [5, 5.41) is 0. The Bertz CT molecular complexity index is 526. The molecule has 2 fully saturated rings. The highest BCUT2D eigenvalue weighted by molar-refractivity contribution is 5.73. The molecule has 0 saturated heterocycles. The van der Waals surface area contributed by atoms with E-state index in [0.29, 0.717) is 12.3 Å². The second-order valence-electron chi connectivity index (χ2n) is 8.35. The number of carbonyl (C=O) groups is 2. The molecule has 3 nitrogen and oxygen atoms in total. The topological polar surface area (TPSA) is 60.2 Å². The fourth-order valence-electron chi connectivity index (χ4n) is 3.90. The van der Waals surface area contributed by atoms with Crippen LogP contribution in [0, 0.1) is 12.8 Å². The fourth-order valence-corrected chi connectivity index (χ4v) is 3.90. The van der Waals surface area contributed by atoms with E-state index in [0.717, 1.165) is 37.9 Å². The van der Waals surface area contributed by atoms with Gasteiger partial charge in [-0.05, 0) is 50.5 Å². The molecule has 30 heavy (non-hydrogen) atoms. The molecule has 0 unspecified atom stereocenters. The van der Waals surface area contributed by atoms with Crippen LogP contribution in [0.3, 0.4) is 0 Å². The van der Waals surface area contributed by atoms with Gasteiger partial charge in [0.25, 0.3) is 0 Å². The van der Waals surface area contributed by atoms with Gasteiger partial charge in [0.05, 0.1) is 0 Å². The third-order valence-electron chi connectivity index (χ3n) is 5.77. The first-order valence-corrected chi connectivity index (χ1v) is 12.4. The molecular formula is C27H47NO2. The molecule has 0 radical (unpaired) electrons. The van der Waals surface area contributed by atoms with Gasteiger partial charge in [-0.25, -0.2) is 0 Å². The molecule has 0 aromatic heterocycles. The number of aryl methyl sites for hydroxylation is 1. The zero-order valence-corrected chi connectivity index (χ0v) is 20.1. The van der Waals surface area contributed by atoms with Crippen molar-refractivity contribution in [1.29, 1.82) is 0 Å². The fraction of sp³-hybridized carbons (Fsp3) is 0.704. The molecule has 2 N–H and O–H groups in total. The van der Waals surface area contributed by atoms with E-state index in [1.165, 1.54) is 56.9 Å². The third-order valence-corrected chi connectivity index (χ3v) is 5.77. The van der Waals surface area contributed by atoms with Gasteiger partial charge in [-0.1, -0.05) is 95.5 Å². The average Bonchev–Trinajstić information content (AvgIpc) is 2.81. The Morgan fingerprint density at radius 1 is 0.933 bits per heavy atom. The molecule has 1 amide bonds. The van der Waals surface area contributed by atoms with Gasteiger partial charge in [-0.3, -0.25) is 4.79 Å². The molecule has 2 aliphatic rings. The van der Waals surface area contributed by atoms with Crippen LogP contribution in [0.2, 0.25) is 0 Å². The van der Waals surface area contributed by atoms with E-state index in [-0.39, 0.29) is 5.91 Å². The number of carbonyl (C=O) groups excluding carboxylic acids is 2. The summed E-state index contributed by atoms with van der Waals surface area (Å²) in [6.07, 6.45) is 16.9. The summed E-state index contributed by atoms with van der Waals surface area (Å²) in [5.41, 5.74) is 7.77. The van der Waals surface area contributed by atoms with Crippen LogP contribution in [0.15, 0.2) is 24.3 Å². The summed E-state index contributed by atoms with van der Waals surface area (Å²) in [5.74, 6) is 1.07. The normalized spacial score (nSPS) is 16.5. The van der Waals surface area contributed by atoms with Gasteiger partial charge < -0.3 is 10.5 Å². The van der Waals surface area contributed by atoms with Crippen LogP contribution < -0.4 is 5.73 Å². The third kappa shape index (κ3) is 14.4. The van der Waals surface area contributed by atoms with Gasteiger partial charge in [-0.2, -0.15) is 0 Å². The summed E-state index contributed by atoms with van der Waals surface area (Å²) in [4.78, 5) is 20.1. The van der Waals surface area contributed by atoms with Crippen LogP contribution in [0.1, 0.15) is 121 Å². The zero-order valence-electron chi connectivity index (χ0n) is 20.1. The second kappa shape index (κ2) is 19.3. The van der Waals surface area contributed by atoms with Crippen molar-refractivity contribution >= 4 is 12.2 Å². The van der Waals surface area contributed by atoms with Gasteiger partial charge in [-0.15, -0.1) is 0 Å². The first kappa shape index (κ1) is 28.4. The van der Waals surface area contributed by atoms with Crippen molar-refractivity contribution in [2.75, 3.05) is 0 Å². The molecule has 0 spiro atoms. The van der Waals surface area contributed by atoms with E-state index < -0.39 is 0 Å². The molecule has 0 aliphatic heterocycles. The van der Waals surface area contributed by atoms with Crippen molar-refractivity contribution < 1.29 is 9.59 Å². The molecular weight excluding hydrogens is 370 g/mol. The lowest BCUT2D eigenvalue weighted by atomic mass is 9.84. The molecule has 0 atom stereocenters. The number of hydrogen-bond donors (Lipinski definition) is 1. The van der Waals surface area contributed by atoms with Gasteiger partial charge in [0, 0.05) is 12.3 Å². The van der Waals surface area contributed by atoms with Crippen molar-refractivity contribution in [2.45, 2.75) is 117 Å². The Hall–Kier alpha value is -1.64. The van der Waals surface area contributed by atoms with Crippen molar-refractivity contribution in [2.24, 2.45) is 11.7 Å². The number of rotatable bonds is 5. The largest absolute Gasteiger partial charge is 0.370 e. The van der Waals surface area contributed by atoms with Gasteiger partial charge in [0.2, 0.25) is 5.91 Å². The van der Waals surface area contributed by atoms with E-state index in [1.54, 1.807) is 5.56 Å². The smallest absolute Gasteiger partial charge is 0.217 e. The summed E-state index contributed by atoms with van der Waals surface area (Å²) in [7, 11) is 0. The molecule has 3 heteroatoms. The minimum atomic E-state index is -0.193. The number of hydrogen-bond acceptors (Lipinski definition) is 2. The number of aldehydes is 1. The van der Waals surface area contributed by atoms with Gasteiger partial charge in [0.1, 0.15) is 6.29 Å². The number of benzene rings is 1. The van der Waals surface area contributed by atoms with Crippen molar-refractivity contribution in [3.05, 3.63) is 35.4 Å². The standard InChI is InChI=1S/C13H18.C7H12O.C5H11NO.C2H6/c1-11-7-9-13(10-8-11)12-5-3-2-4-6-12;8-6-7-4-2-1-3-5-7;1-2-3-4-5(6)7;1-2/h7-10,12H,2-6H2,1H3;6-7H,1-5H2;2-4H2,1H3,(H2,6,7);1-2H3. The van der Waals surface area contributed by atoms with Crippen molar-refractivity contribution in [3.63, 3.8) is 0 Å². The minimum absolute atomic E-state index is 0.193. The van der Waals surface area contributed by atoms with E-state index >= 15 is 0 Å². The summed E-state index contributed by atoms with van der Waals surface area (Å²) >= 11 is 0. The van der Waals surface area contributed by atoms with Gasteiger partial charge >= 0.3 is 0 Å². The van der Waals surface area contributed by atoms with Crippen molar-refractivity contribution in [1.82, 2.24) is 0 Å². The molecule has 2 aliphatic carbocycles. The van der Waals surface area contributed by atoms with Crippen molar-refractivity contribution in [3.8, 4) is 0 Å². The molecule has 0 heterocycles. The maximum atomic E-state index is 10.2. The van der Waals surface area contributed by atoms with Crippen LogP contribution in [0.4, 0.5) is 0 Å². The highest BCUT2D eigenvalue weighted by Crippen LogP contribution is 2.32. The second-order valence-corrected chi connectivity index (χ2v) is 8.35.